The van der Waals surface area contributed by atoms with Crippen molar-refractivity contribution in [3.8, 4) is 11.5 Å². The second-order valence-corrected chi connectivity index (χ2v) is 4.69. The summed E-state index contributed by atoms with van der Waals surface area (Å²) in [6.07, 6.45) is 1.64. The maximum atomic E-state index is 10.0. The first-order valence-electron chi connectivity index (χ1n) is 6.90. The Bertz CT molecular complexity index is 621. The van der Waals surface area contributed by atoms with Crippen molar-refractivity contribution in [2.24, 2.45) is 5.10 Å². The van der Waals surface area contributed by atoms with Gasteiger partial charge in [-0.2, -0.15) is 5.10 Å². The average molecular weight is 284 g/mol. The number of methoxy groups -OCH3 is 1. The summed E-state index contributed by atoms with van der Waals surface area (Å²) in [5.41, 5.74) is 2.85. The number of anilines is 1. The molecule has 0 saturated carbocycles. The molecule has 0 spiro atoms. The van der Waals surface area contributed by atoms with Gasteiger partial charge in [0.05, 0.1) is 19.0 Å². The summed E-state index contributed by atoms with van der Waals surface area (Å²) in [5, 5.41) is 16.4. The van der Waals surface area contributed by atoms with Crippen molar-refractivity contribution in [3.63, 3.8) is 0 Å². The topological polar surface area (TPSA) is 45.1 Å². The van der Waals surface area contributed by atoms with E-state index in [0.29, 0.717) is 11.3 Å². The van der Waals surface area contributed by atoms with E-state index < -0.39 is 0 Å². The molecule has 0 fully saturated rings. The van der Waals surface area contributed by atoms with Crippen LogP contribution in [0.5, 0.6) is 11.5 Å². The van der Waals surface area contributed by atoms with Crippen LogP contribution in [0.25, 0.3) is 0 Å². The molecule has 0 aliphatic carbocycles. The first kappa shape index (κ1) is 14.9. The quantitative estimate of drug-likeness (QED) is 0.674. The van der Waals surface area contributed by atoms with Gasteiger partial charge in [0, 0.05) is 12.1 Å². The maximum absolute atomic E-state index is 10.0. The number of phenolic OH excluding ortho intramolecular Hbond substituents is 1. The third kappa shape index (κ3) is 3.54. The lowest BCUT2D eigenvalue weighted by Gasteiger charge is -2.17. The molecule has 0 heterocycles. The number of hydrazone groups is 1. The van der Waals surface area contributed by atoms with Gasteiger partial charge in [-0.25, -0.2) is 0 Å². The van der Waals surface area contributed by atoms with Gasteiger partial charge in [0.2, 0.25) is 0 Å². The Balaban J connectivity index is 2.24. The first-order chi connectivity index (χ1) is 10.2. The van der Waals surface area contributed by atoms with Crippen LogP contribution in [-0.4, -0.2) is 25.0 Å². The molecule has 21 heavy (non-hydrogen) atoms. The van der Waals surface area contributed by atoms with Crippen LogP contribution < -0.4 is 9.75 Å². The predicted molar refractivity (Wildman–Crippen MR) is 86.5 cm³/mol. The molecular formula is C17H20N2O2. The van der Waals surface area contributed by atoms with E-state index in [1.807, 2.05) is 30.1 Å². The Hall–Kier alpha value is -2.49. The number of aromatic hydroxyl groups is 1. The van der Waals surface area contributed by atoms with Crippen LogP contribution >= 0.6 is 0 Å². The van der Waals surface area contributed by atoms with Crippen molar-refractivity contribution < 1.29 is 9.84 Å². The molecule has 0 bridgehead atoms. The fourth-order valence-electron chi connectivity index (χ4n) is 1.99. The minimum atomic E-state index is 0.101. The van der Waals surface area contributed by atoms with Gasteiger partial charge >= 0.3 is 0 Å². The molecular weight excluding hydrogens is 264 g/mol. The maximum Gasteiger partial charge on any atom is 0.166 e. The van der Waals surface area contributed by atoms with Gasteiger partial charge in [-0.15, -0.1) is 0 Å². The van der Waals surface area contributed by atoms with E-state index in [0.717, 1.165) is 12.2 Å². The van der Waals surface area contributed by atoms with E-state index in [1.54, 1.807) is 18.3 Å². The van der Waals surface area contributed by atoms with E-state index in [4.69, 9.17) is 4.74 Å². The van der Waals surface area contributed by atoms with Crippen LogP contribution in [0.2, 0.25) is 0 Å². The Kier molecular flexibility index (Phi) is 4.82. The summed E-state index contributed by atoms with van der Waals surface area (Å²) >= 11 is 0. The van der Waals surface area contributed by atoms with Gasteiger partial charge in [0.15, 0.2) is 11.5 Å². The van der Waals surface area contributed by atoms with E-state index >= 15 is 0 Å². The summed E-state index contributed by atoms with van der Waals surface area (Å²) in [4.78, 5) is 0. The zero-order valence-corrected chi connectivity index (χ0v) is 12.6. The number of rotatable bonds is 5. The van der Waals surface area contributed by atoms with Gasteiger partial charge in [0.25, 0.3) is 0 Å². The standard InChI is InChI=1S/C17H20N2O2/c1-4-19(15-10-8-13(2)9-11-15)18-12-14-6-5-7-16(21-3)17(14)20/h5-12,20H,4H2,1-3H3/b18-12+. The molecule has 0 saturated heterocycles. The smallest absolute Gasteiger partial charge is 0.166 e. The number of aryl methyl sites for hydroxylation is 1. The summed E-state index contributed by atoms with van der Waals surface area (Å²) in [7, 11) is 1.53. The lowest BCUT2D eigenvalue weighted by Crippen LogP contribution is -2.15. The van der Waals surface area contributed by atoms with Crippen molar-refractivity contribution in [2.75, 3.05) is 18.7 Å². The van der Waals surface area contributed by atoms with Crippen molar-refractivity contribution >= 4 is 11.9 Å². The van der Waals surface area contributed by atoms with Crippen molar-refractivity contribution in [1.82, 2.24) is 0 Å². The summed E-state index contributed by atoms with van der Waals surface area (Å²) in [6, 6.07) is 13.5. The molecule has 2 rings (SSSR count). The molecule has 2 aromatic carbocycles. The summed E-state index contributed by atoms with van der Waals surface area (Å²) in [6.45, 7) is 4.82. The van der Waals surface area contributed by atoms with Gasteiger partial charge in [-0.05, 0) is 38.1 Å². The highest BCUT2D eigenvalue weighted by atomic mass is 16.5. The van der Waals surface area contributed by atoms with Crippen LogP contribution in [-0.2, 0) is 0 Å². The van der Waals surface area contributed by atoms with Crippen LogP contribution in [0, 0.1) is 6.92 Å². The molecule has 0 unspecified atom stereocenters. The van der Waals surface area contributed by atoms with Gasteiger partial charge in [0.1, 0.15) is 0 Å². The Morgan fingerprint density at radius 1 is 1.19 bits per heavy atom. The average Bonchev–Trinajstić information content (AvgIpc) is 2.51. The second-order valence-electron chi connectivity index (χ2n) is 4.69. The molecule has 0 aliphatic heterocycles. The van der Waals surface area contributed by atoms with Crippen LogP contribution in [0.4, 0.5) is 5.69 Å². The van der Waals surface area contributed by atoms with E-state index in [1.165, 1.54) is 12.7 Å². The van der Waals surface area contributed by atoms with Gasteiger partial charge < -0.3 is 9.84 Å². The van der Waals surface area contributed by atoms with Crippen molar-refractivity contribution in [3.05, 3.63) is 53.6 Å². The predicted octanol–water partition coefficient (Wildman–Crippen LogP) is 3.57. The molecule has 2 aromatic rings. The third-order valence-corrected chi connectivity index (χ3v) is 3.22. The first-order valence-corrected chi connectivity index (χ1v) is 6.90. The zero-order valence-electron chi connectivity index (χ0n) is 12.6. The van der Waals surface area contributed by atoms with Crippen molar-refractivity contribution in [1.29, 1.82) is 0 Å². The minimum absolute atomic E-state index is 0.101. The lowest BCUT2D eigenvalue weighted by molar-refractivity contribution is 0.373. The fraction of sp³-hybridized carbons (Fsp3) is 0.235. The second kappa shape index (κ2) is 6.79. The molecule has 4 heteroatoms. The molecule has 0 amide bonds. The number of hydrogen-bond donors (Lipinski definition) is 1. The lowest BCUT2D eigenvalue weighted by atomic mass is 10.2. The number of ether oxygens (including phenoxy) is 1. The number of hydrogen-bond acceptors (Lipinski definition) is 4. The Morgan fingerprint density at radius 3 is 2.52 bits per heavy atom. The molecule has 4 nitrogen and oxygen atoms in total. The monoisotopic (exact) mass is 284 g/mol. The normalized spacial score (nSPS) is 10.8. The van der Waals surface area contributed by atoms with Crippen LogP contribution in [0.1, 0.15) is 18.1 Å². The van der Waals surface area contributed by atoms with Crippen LogP contribution in [0.3, 0.4) is 0 Å². The van der Waals surface area contributed by atoms with Crippen LogP contribution in [0.15, 0.2) is 47.6 Å². The van der Waals surface area contributed by atoms with E-state index in [9.17, 15) is 5.11 Å². The highest BCUT2D eigenvalue weighted by molar-refractivity contribution is 5.85. The number of nitrogens with zero attached hydrogens (tertiary/aromatic N) is 2. The number of phenols is 1. The van der Waals surface area contributed by atoms with E-state index in [-0.39, 0.29) is 5.75 Å². The highest BCUT2D eigenvalue weighted by Gasteiger charge is 2.06. The SMILES string of the molecule is CCN(/N=C/c1cccc(OC)c1O)c1ccc(C)cc1. The summed E-state index contributed by atoms with van der Waals surface area (Å²) in [5.74, 6) is 0.543. The molecule has 0 aliphatic rings. The molecule has 0 radical (unpaired) electrons. The molecule has 0 aromatic heterocycles. The Morgan fingerprint density at radius 2 is 1.90 bits per heavy atom. The third-order valence-electron chi connectivity index (χ3n) is 3.22. The Labute approximate surface area is 125 Å². The minimum Gasteiger partial charge on any atom is -0.504 e. The molecule has 0 atom stereocenters. The zero-order chi connectivity index (χ0) is 15.2. The number of benzene rings is 2. The highest BCUT2D eigenvalue weighted by Crippen LogP contribution is 2.28. The summed E-state index contributed by atoms with van der Waals surface area (Å²) < 4.78 is 5.09. The number of para-hydroxylation sites is 1. The molecule has 110 valence electrons. The molecule has 1 N–H and O–H groups in total. The van der Waals surface area contributed by atoms with Gasteiger partial charge in [-0.3, -0.25) is 5.01 Å². The largest absolute Gasteiger partial charge is 0.504 e. The van der Waals surface area contributed by atoms with Gasteiger partial charge in [-0.1, -0.05) is 23.8 Å². The van der Waals surface area contributed by atoms with Crippen molar-refractivity contribution in [2.45, 2.75) is 13.8 Å². The fourth-order valence-corrected chi connectivity index (χ4v) is 1.99. The van der Waals surface area contributed by atoms with E-state index in [2.05, 4.69) is 24.2 Å².